The molecule has 0 fully saturated rings. The second-order valence-corrected chi connectivity index (χ2v) is 5.23. The predicted octanol–water partition coefficient (Wildman–Crippen LogP) is 2.70. The van der Waals surface area contributed by atoms with Crippen LogP contribution in [0.15, 0.2) is 61.4 Å². The van der Waals surface area contributed by atoms with E-state index in [1.807, 2.05) is 0 Å². The molecule has 9 heteroatoms. The number of ether oxygens (including phenoxy) is 1. The molecule has 0 aliphatic carbocycles. The number of anilines is 1. The van der Waals surface area contributed by atoms with Gasteiger partial charge in [0.15, 0.2) is 5.65 Å². The van der Waals surface area contributed by atoms with E-state index in [9.17, 15) is 9.18 Å². The van der Waals surface area contributed by atoms with Gasteiger partial charge in [-0.1, -0.05) is 6.07 Å². The Kier molecular flexibility index (Phi) is 3.94. The number of rotatable bonds is 4. The molecule has 0 bridgehead atoms. The van der Waals surface area contributed by atoms with Crippen LogP contribution in [0.1, 0.15) is 10.4 Å². The molecule has 4 rings (SSSR count). The van der Waals surface area contributed by atoms with Crippen LogP contribution in [0.2, 0.25) is 0 Å². The number of nitrogens with one attached hydrogen (secondary N) is 1. The van der Waals surface area contributed by atoms with Crippen LogP contribution in [-0.2, 0) is 0 Å². The smallest absolute Gasteiger partial charge is 0.260 e. The first-order valence-electron chi connectivity index (χ1n) is 7.53. The number of fused-ring (bicyclic) bond motifs is 1. The Hall–Kier alpha value is -3.88. The van der Waals surface area contributed by atoms with Crippen molar-refractivity contribution in [3.05, 3.63) is 72.8 Å². The van der Waals surface area contributed by atoms with Gasteiger partial charge in [-0.3, -0.25) is 9.78 Å². The molecule has 4 aromatic heterocycles. The summed E-state index contributed by atoms with van der Waals surface area (Å²) in [6.45, 7) is 0. The Morgan fingerprint density at radius 2 is 2.08 bits per heavy atom. The summed E-state index contributed by atoms with van der Waals surface area (Å²) in [6, 6.07) is 7.84. The summed E-state index contributed by atoms with van der Waals surface area (Å²) in [5, 5.41) is 6.71. The predicted molar refractivity (Wildman–Crippen MR) is 89.4 cm³/mol. The Balaban J connectivity index is 1.69. The molecule has 1 N–H and O–H groups in total. The van der Waals surface area contributed by atoms with Crippen LogP contribution in [0.3, 0.4) is 0 Å². The van der Waals surface area contributed by atoms with Crippen molar-refractivity contribution < 1.29 is 13.9 Å². The van der Waals surface area contributed by atoms with E-state index in [0.717, 1.165) is 6.20 Å². The molecule has 0 aliphatic heterocycles. The minimum atomic E-state index is -0.530. The van der Waals surface area contributed by atoms with E-state index in [2.05, 4.69) is 25.4 Å². The summed E-state index contributed by atoms with van der Waals surface area (Å²) < 4.78 is 20.3. The third-order valence-electron chi connectivity index (χ3n) is 3.42. The highest BCUT2D eigenvalue weighted by atomic mass is 19.1. The van der Waals surface area contributed by atoms with Crippen molar-refractivity contribution in [3.8, 4) is 11.5 Å². The summed E-state index contributed by atoms with van der Waals surface area (Å²) in [7, 11) is 0. The lowest BCUT2D eigenvalue weighted by atomic mass is 10.2. The summed E-state index contributed by atoms with van der Waals surface area (Å²) >= 11 is 0. The highest BCUT2D eigenvalue weighted by molar-refractivity contribution is 6.08. The standard InChI is InChI=1S/C17H11FN6O2/c18-11-5-12(8-19-7-11)26-13-6-14(16-21-10-22-24(16)9-13)17(25)23-15-3-1-2-4-20-15/h1-10H,(H,20,23,25). The highest BCUT2D eigenvalue weighted by Gasteiger charge is 2.16. The van der Waals surface area contributed by atoms with Gasteiger partial charge in [0.1, 0.15) is 29.5 Å². The topological polar surface area (TPSA) is 94.3 Å². The Bertz CT molecular complexity index is 1080. The lowest BCUT2D eigenvalue weighted by molar-refractivity contribution is 0.102. The van der Waals surface area contributed by atoms with Crippen LogP contribution in [-0.4, -0.2) is 30.5 Å². The van der Waals surface area contributed by atoms with E-state index in [4.69, 9.17) is 4.74 Å². The molecule has 0 aromatic carbocycles. The molecule has 0 unspecified atom stereocenters. The van der Waals surface area contributed by atoms with Crippen molar-refractivity contribution in [1.82, 2.24) is 24.6 Å². The van der Waals surface area contributed by atoms with Crippen LogP contribution in [0.4, 0.5) is 10.2 Å². The Morgan fingerprint density at radius 1 is 1.15 bits per heavy atom. The van der Waals surface area contributed by atoms with Crippen molar-refractivity contribution >= 4 is 17.4 Å². The van der Waals surface area contributed by atoms with Crippen LogP contribution in [0.25, 0.3) is 5.65 Å². The molecule has 0 saturated carbocycles. The first-order valence-corrected chi connectivity index (χ1v) is 7.53. The molecule has 1 amide bonds. The number of carbonyl (C=O) groups is 1. The van der Waals surface area contributed by atoms with Crippen LogP contribution in [0, 0.1) is 5.82 Å². The zero-order valence-corrected chi connectivity index (χ0v) is 13.2. The monoisotopic (exact) mass is 350 g/mol. The normalized spacial score (nSPS) is 10.7. The molecule has 8 nitrogen and oxygen atoms in total. The van der Waals surface area contributed by atoms with Gasteiger partial charge in [-0.2, -0.15) is 5.10 Å². The van der Waals surface area contributed by atoms with E-state index in [-0.39, 0.29) is 17.1 Å². The molecule has 0 radical (unpaired) electrons. The van der Waals surface area contributed by atoms with E-state index in [0.29, 0.717) is 11.5 Å². The van der Waals surface area contributed by atoms with E-state index < -0.39 is 11.7 Å². The van der Waals surface area contributed by atoms with E-state index in [1.54, 1.807) is 24.4 Å². The number of pyridine rings is 3. The lowest BCUT2D eigenvalue weighted by Gasteiger charge is -2.09. The zero-order chi connectivity index (χ0) is 17.9. The number of carbonyl (C=O) groups excluding carboxylic acids is 1. The molecule has 0 spiro atoms. The summed E-state index contributed by atoms with van der Waals surface area (Å²) in [5.74, 6) is -0.0834. The third kappa shape index (κ3) is 3.18. The average molecular weight is 350 g/mol. The number of halogens is 1. The minimum Gasteiger partial charge on any atom is -0.454 e. The third-order valence-corrected chi connectivity index (χ3v) is 3.42. The maximum atomic E-state index is 13.3. The molecule has 4 heterocycles. The van der Waals surface area contributed by atoms with Gasteiger partial charge >= 0.3 is 0 Å². The summed E-state index contributed by atoms with van der Waals surface area (Å²) in [6.07, 6.45) is 6.85. The molecule has 0 atom stereocenters. The fourth-order valence-corrected chi connectivity index (χ4v) is 2.33. The van der Waals surface area contributed by atoms with Gasteiger partial charge in [-0.05, 0) is 18.2 Å². The Labute approximate surface area is 146 Å². The van der Waals surface area contributed by atoms with Crippen LogP contribution in [0.5, 0.6) is 11.5 Å². The van der Waals surface area contributed by atoms with Crippen molar-refractivity contribution in [2.24, 2.45) is 0 Å². The maximum Gasteiger partial charge on any atom is 0.260 e. The maximum absolute atomic E-state index is 13.3. The quantitative estimate of drug-likeness (QED) is 0.608. The Morgan fingerprint density at radius 3 is 2.88 bits per heavy atom. The van der Waals surface area contributed by atoms with Gasteiger partial charge in [0.2, 0.25) is 0 Å². The highest BCUT2D eigenvalue weighted by Crippen LogP contribution is 2.24. The second kappa shape index (κ2) is 6.55. The van der Waals surface area contributed by atoms with Crippen molar-refractivity contribution in [3.63, 3.8) is 0 Å². The molecule has 0 saturated heterocycles. The number of hydrogen-bond donors (Lipinski definition) is 1. The van der Waals surface area contributed by atoms with Gasteiger partial charge in [0, 0.05) is 12.3 Å². The molecule has 26 heavy (non-hydrogen) atoms. The number of hydrogen-bond acceptors (Lipinski definition) is 6. The second-order valence-electron chi connectivity index (χ2n) is 5.23. The van der Waals surface area contributed by atoms with Gasteiger partial charge in [-0.15, -0.1) is 0 Å². The van der Waals surface area contributed by atoms with Gasteiger partial charge in [0.25, 0.3) is 5.91 Å². The van der Waals surface area contributed by atoms with Crippen molar-refractivity contribution in [2.45, 2.75) is 0 Å². The molecule has 0 aliphatic rings. The zero-order valence-electron chi connectivity index (χ0n) is 13.2. The minimum absolute atomic E-state index is 0.195. The van der Waals surface area contributed by atoms with Crippen LogP contribution >= 0.6 is 0 Å². The molecular weight excluding hydrogens is 339 g/mol. The lowest BCUT2D eigenvalue weighted by Crippen LogP contribution is -2.14. The van der Waals surface area contributed by atoms with Gasteiger partial charge in [-0.25, -0.2) is 18.9 Å². The average Bonchev–Trinajstić information content (AvgIpc) is 3.10. The first kappa shape index (κ1) is 15.6. The first-order chi connectivity index (χ1) is 12.7. The van der Waals surface area contributed by atoms with E-state index >= 15 is 0 Å². The summed E-state index contributed by atoms with van der Waals surface area (Å²) in [4.78, 5) is 24.5. The molecule has 4 aromatic rings. The van der Waals surface area contributed by atoms with Gasteiger partial charge in [0.05, 0.1) is 24.2 Å². The summed E-state index contributed by atoms with van der Waals surface area (Å²) in [5.41, 5.74) is 0.582. The molecule has 128 valence electrons. The van der Waals surface area contributed by atoms with Crippen molar-refractivity contribution in [2.75, 3.05) is 5.32 Å². The number of amides is 1. The van der Waals surface area contributed by atoms with Crippen molar-refractivity contribution in [1.29, 1.82) is 0 Å². The number of aromatic nitrogens is 5. The molecular formula is C17H11FN6O2. The fraction of sp³-hybridized carbons (Fsp3) is 0. The van der Waals surface area contributed by atoms with Crippen LogP contribution < -0.4 is 10.1 Å². The fourth-order valence-electron chi connectivity index (χ4n) is 2.33. The van der Waals surface area contributed by atoms with Gasteiger partial charge < -0.3 is 10.1 Å². The van der Waals surface area contributed by atoms with E-state index in [1.165, 1.54) is 35.4 Å². The SMILES string of the molecule is O=C(Nc1ccccn1)c1cc(Oc2cncc(F)c2)cn2ncnc12. The largest absolute Gasteiger partial charge is 0.454 e. The number of nitrogens with zero attached hydrogens (tertiary/aromatic N) is 5.